The molecule has 4 heteroatoms. The molecule has 0 radical (unpaired) electrons. The molecule has 0 aliphatic rings. The van der Waals surface area contributed by atoms with Crippen molar-refractivity contribution in [3.8, 4) is 0 Å². The molecule has 0 amide bonds. The summed E-state index contributed by atoms with van der Waals surface area (Å²) >= 11 is 0. The van der Waals surface area contributed by atoms with Crippen LogP contribution in [-0.2, 0) is 14.3 Å². The molecule has 0 N–H and O–H groups in total. The molecule has 0 aromatic carbocycles. The van der Waals surface area contributed by atoms with Crippen molar-refractivity contribution in [2.75, 3.05) is 12.9 Å². The van der Waals surface area contributed by atoms with E-state index in [9.17, 15) is 8.42 Å². The smallest absolute Gasteiger partial charge is 0.264 e. The largest absolute Gasteiger partial charge is 0.270 e. The van der Waals surface area contributed by atoms with Crippen molar-refractivity contribution in [1.82, 2.24) is 0 Å². The van der Waals surface area contributed by atoms with Crippen LogP contribution in [0, 0.1) is 0 Å². The standard InChI is InChI=1S/C25H50O3S/c1-3-4-5-6-7-8-9-10-11-12-13-14-15-16-17-18-19-20-21-22-23-24-25-28-29(2,26)27/h10-11H,3-9,12-25H2,1-2H3/b11-10-. The molecule has 0 unspecified atom stereocenters. The van der Waals surface area contributed by atoms with Crippen molar-refractivity contribution in [3.63, 3.8) is 0 Å². The third-order valence-electron chi connectivity index (χ3n) is 5.45. The molecular formula is C25H50O3S. The molecular weight excluding hydrogens is 380 g/mol. The van der Waals surface area contributed by atoms with E-state index in [1.165, 1.54) is 116 Å². The Morgan fingerprint density at radius 1 is 0.552 bits per heavy atom. The molecule has 0 saturated heterocycles. The van der Waals surface area contributed by atoms with E-state index in [4.69, 9.17) is 4.18 Å². The second-order valence-electron chi connectivity index (χ2n) is 8.59. The first-order valence-electron chi connectivity index (χ1n) is 12.6. The van der Waals surface area contributed by atoms with E-state index >= 15 is 0 Å². The molecule has 29 heavy (non-hydrogen) atoms. The van der Waals surface area contributed by atoms with Gasteiger partial charge in [0.2, 0.25) is 0 Å². The fourth-order valence-corrected chi connectivity index (χ4v) is 4.04. The quantitative estimate of drug-likeness (QED) is 0.0929. The fourth-order valence-electron chi connectivity index (χ4n) is 3.62. The van der Waals surface area contributed by atoms with Gasteiger partial charge in [0.05, 0.1) is 12.9 Å². The minimum absolute atomic E-state index is 0.341. The van der Waals surface area contributed by atoms with Gasteiger partial charge in [-0.1, -0.05) is 115 Å². The molecule has 0 saturated carbocycles. The van der Waals surface area contributed by atoms with Gasteiger partial charge in [-0.15, -0.1) is 0 Å². The summed E-state index contributed by atoms with van der Waals surface area (Å²) in [5, 5.41) is 0. The second kappa shape index (κ2) is 22.3. The average Bonchev–Trinajstić information content (AvgIpc) is 2.67. The zero-order valence-corrected chi connectivity index (χ0v) is 20.5. The van der Waals surface area contributed by atoms with Crippen LogP contribution in [0.4, 0.5) is 0 Å². The Morgan fingerprint density at radius 3 is 1.28 bits per heavy atom. The van der Waals surface area contributed by atoms with Crippen LogP contribution >= 0.6 is 0 Å². The van der Waals surface area contributed by atoms with Crippen LogP contribution in [0.5, 0.6) is 0 Å². The summed E-state index contributed by atoms with van der Waals surface area (Å²) in [4.78, 5) is 0. The van der Waals surface area contributed by atoms with Crippen molar-refractivity contribution in [3.05, 3.63) is 12.2 Å². The first kappa shape index (κ1) is 28.6. The summed E-state index contributed by atoms with van der Waals surface area (Å²) in [5.41, 5.74) is 0. The topological polar surface area (TPSA) is 43.4 Å². The molecule has 0 fully saturated rings. The fraction of sp³-hybridized carbons (Fsp3) is 0.920. The number of unbranched alkanes of at least 4 members (excludes halogenated alkanes) is 18. The normalized spacial score (nSPS) is 12.2. The summed E-state index contributed by atoms with van der Waals surface area (Å²) in [5.74, 6) is 0. The summed E-state index contributed by atoms with van der Waals surface area (Å²) in [6, 6.07) is 0. The molecule has 0 aliphatic heterocycles. The summed E-state index contributed by atoms with van der Waals surface area (Å²) in [6.45, 7) is 2.62. The molecule has 174 valence electrons. The van der Waals surface area contributed by atoms with Crippen molar-refractivity contribution < 1.29 is 12.6 Å². The monoisotopic (exact) mass is 430 g/mol. The maximum Gasteiger partial charge on any atom is 0.264 e. The Hall–Kier alpha value is -0.350. The molecule has 0 spiro atoms. The summed E-state index contributed by atoms with van der Waals surface area (Å²) in [6.07, 6.45) is 32.2. The van der Waals surface area contributed by atoms with Crippen LogP contribution in [-0.4, -0.2) is 21.3 Å². The minimum atomic E-state index is -3.25. The number of hydrogen-bond donors (Lipinski definition) is 0. The van der Waals surface area contributed by atoms with E-state index in [0.717, 1.165) is 19.1 Å². The van der Waals surface area contributed by atoms with Crippen LogP contribution in [0.2, 0.25) is 0 Å². The van der Waals surface area contributed by atoms with E-state index in [-0.39, 0.29) is 0 Å². The highest BCUT2D eigenvalue weighted by Crippen LogP contribution is 2.13. The third kappa shape index (κ3) is 27.7. The highest BCUT2D eigenvalue weighted by atomic mass is 32.2. The SMILES string of the molecule is CCCCCCCC/C=C\CCCCCCCCCCCCCCOS(C)(=O)=O. The third-order valence-corrected chi connectivity index (χ3v) is 6.05. The zero-order valence-electron chi connectivity index (χ0n) is 19.6. The Kier molecular flexibility index (Phi) is 22.1. The number of allylic oxidation sites excluding steroid dienone is 2. The molecule has 0 rings (SSSR count). The predicted octanol–water partition coefficient (Wildman–Crippen LogP) is 8.34. The Balaban J connectivity index is 3.10. The molecule has 3 nitrogen and oxygen atoms in total. The van der Waals surface area contributed by atoms with Crippen LogP contribution in [0.3, 0.4) is 0 Å². The van der Waals surface area contributed by atoms with E-state index in [0.29, 0.717) is 6.61 Å². The first-order valence-corrected chi connectivity index (χ1v) is 14.4. The van der Waals surface area contributed by atoms with Crippen molar-refractivity contribution in [2.45, 2.75) is 135 Å². The highest BCUT2D eigenvalue weighted by Gasteiger charge is 2.00. The van der Waals surface area contributed by atoms with Gasteiger partial charge >= 0.3 is 0 Å². The lowest BCUT2D eigenvalue weighted by atomic mass is 10.0. The number of rotatable bonds is 23. The summed E-state index contributed by atoms with van der Waals surface area (Å²) in [7, 11) is -3.25. The molecule has 0 aromatic rings. The van der Waals surface area contributed by atoms with Crippen molar-refractivity contribution >= 4 is 10.1 Å². The van der Waals surface area contributed by atoms with Crippen LogP contribution < -0.4 is 0 Å². The molecule has 0 aliphatic carbocycles. The second-order valence-corrected chi connectivity index (χ2v) is 10.2. The van der Waals surface area contributed by atoms with Gasteiger partial charge in [0.1, 0.15) is 0 Å². The van der Waals surface area contributed by atoms with Crippen molar-refractivity contribution in [1.29, 1.82) is 0 Å². The average molecular weight is 431 g/mol. The van der Waals surface area contributed by atoms with Crippen molar-refractivity contribution in [2.24, 2.45) is 0 Å². The Labute approximate surface area is 183 Å². The van der Waals surface area contributed by atoms with E-state index in [1.807, 2.05) is 0 Å². The van der Waals surface area contributed by atoms with Gasteiger partial charge in [0, 0.05) is 0 Å². The highest BCUT2D eigenvalue weighted by molar-refractivity contribution is 7.85. The van der Waals surface area contributed by atoms with E-state index in [2.05, 4.69) is 19.1 Å². The van der Waals surface area contributed by atoms with Gasteiger partial charge in [-0.2, -0.15) is 8.42 Å². The van der Waals surface area contributed by atoms with E-state index in [1.54, 1.807) is 0 Å². The molecule has 0 heterocycles. The van der Waals surface area contributed by atoms with Gasteiger partial charge in [-0.25, -0.2) is 0 Å². The Bertz CT molecular complexity index is 443. The van der Waals surface area contributed by atoms with Crippen LogP contribution in [0.15, 0.2) is 12.2 Å². The first-order chi connectivity index (χ1) is 14.1. The van der Waals surface area contributed by atoms with Gasteiger partial charge in [0.15, 0.2) is 0 Å². The number of hydrogen-bond acceptors (Lipinski definition) is 3. The lowest BCUT2D eigenvalue weighted by Crippen LogP contribution is -2.03. The summed E-state index contributed by atoms with van der Waals surface area (Å²) < 4.78 is 26.4. The molecule has 0 aromatic heterocycles. The van der Waals surface area contributed by atoms with Gasteiger partial charge in [0.25, 0.3) is 10.1 Å². The predicted molar refractivity (Wildman–Crippen MR) is 128 cm³/mol. The maximum absolute atomic E-state index is 10.8. The van der Waals surface area contributed by atoms with Gasteiger partial charge in [-0.3, -0.25) is 4.18 Å². The maximum atomic E-state index is 10.8. The zero-order chi connectivity index (χ0) is 21.5. The van der Waals surface area contributed by atoms with Gasteiger partial charge < -0.3 is 0 Å². The lowest BCUT2D eigenvalue weighted by molar-refractivity contribution is 0.309. The van der Waals surface area contributed by atoms with E-state index < -0.39 is 10.1 Å². The van der Waals surface area contributed by atoms with Gasteiger partial charge in [-0.05, 0) is 32.1 Å². The van der Waals surface area contributed by atoms with Crippen LogP contribution in [0.1, 0.15) is 135 Å². The lowest BCUT2D eigenvalue weighted by Gasteiger charge is -2.03. The molecule has 0 bridgehead atoms. The Morgan fingerprint density at radius 2 is 0.897 bits per heavy atom. The van der Waals surface area contributed by atoms with Crippen LogP contribution in [0.25, 0.3) is 0 Å². The minimum Gasteiger partial charge on any atom is -0.270 e. The molecule has 0 atom stereocenters.